The van der Waals surface area contributed by atoms with Gasteiger partial charge in [0.1, 0.15) is 0 Å². The first kappa shape index (κ1) is 17.0. The second kappa shape index (κ2) is 8.30. The van der Waals surface area contributed by atoms with E-state index in [1.54, 1.807) is 0 Å². The molecule has 0 aliphatic carbocycles. The van der Waals surface area contributed by atoms with E-state index in [9.17, 15) is 4.79 Å². The van der Waals surface area contributed by atoms with Crippen molar-refractivity contribution < 1.29 is 4.79 Å². The molecule has 122 valence electrons. The quantitative estimate of drug-likeness (QED) is 0.845. The fourth-order valence-corrected chi connectivity index (χ4v) is 2.97. The van der Waals surface area contributed by atoms with E-state index in [0.29, 0.717) is 5.92 Å². The van der Waals surface area contributed by atoms with Gasteiger partial charge in [0.05, 0.1) is 6.04 Å². The average molecular weight is 303 g/mol. The Morgan fingerprint density at radius 1 is 1.36 bits per heavy atom. The molecule has 1 heterocycles. The normalized spacial score (nSPS) is 20.8. The molecule has 0 radical (unpaired) electrons. The maximum absolute atomic E-state index is 11.9. The zero-order chi connectivity index (χ0) is 15.9. The van der Waals surface area contributed by atoms with Crippen molar-refractivity contribution in [3.8, 4) is 0 Å². The lowest BCUT2D eigenvalue weighted by Crippen LogP contribution is -2.47. The molecule has 4 nitrogen and oxygen atoms in total. The third-order valence-electron chi connectivity index (χ3n) is 4.44. The molecule has 2 atom stereocenters. The number of amides is 1. The number of benzene rings is 1. The lowest BCUT2D eigenvalue weighted by atomic mass is 9.97. The van der Waals surface area contributed by atoms with E-state index in [-0.39, 0.29) is 11.8 Å². The van der Waals surface area contributed by atoms with Crippen LogP contribution < -0.4 is 11.1 Å². The number of hydrogen-bond donors (Lipinski definition) is 2. The third kappa shape index (κ3) is 5.11. The molecule has 2 rings (SSSR count). The third-order valence-corrected chi connectivity index (χ3v) is 4.44. The molecular formula is C18H29N3O. The standard InChI is InChI=1S/C18H29N3O/c1-14(2)17(19)18(22)20-11-16-9-6-10-21(13-16)12-15-7-4-3-5-8-15/h3-5,7-8,14,16-17H,6,9-13,19H2,1-2H3,(H,20,22). The molecule has 1 fully saturated rings. The van der Waals surface area contributed by atoms with Gasteiger partial charge in [-0.1, -0.05) is 44.2 Å². The highest BCUT2D eigenvalue weighted by Crippen LogP contribution is 2.18. The van der Waals surface area contributed by atoms with Crippen LogP contribution in [0.5, 0.6) is 0 Å². The fraction of sp³-hybridized carbons (Fsp3) is 0.611. The number of carbonyl (C=O) groups is 1. The van der Waals surface area contributed by atoms with Crippen LogP contribution in [-0.2, 0) is 11.3 Å². The van der Waals surface area contributed by atoms with E-state index in [1.807, 2.05) is 13.8 Å². The van der Waals surface area contributed by atoms with Crippen molar-refractivity contribution in [3.63, 3.8) is 0 Å². The number of rotatable bonds is 6. The molecular weight excluding hydrogens is 274 g/mol. The van der Waals surface area contributed by atoms with Gasteiger partial charge < -0.3 is 11.1 Å². The molecule has 0 saturated carbocycles. The molecule has 0 spiro atoms. The predicted molar refractivity (Wildman–Crippen MR) is 90.3 cm³/mol. The van der Waals surface area contributed by atoms with Crippen LogP contribution in [0.15, 0.2) is 30.3 Å². The molecule has 1 aromatic rings. The van der Waals surface area contributed by atoms with Gasteiger partial charge in [0.2, 0.25) is 5.91 Å². The van der Waals surface area contributed by atoms with Crippen molar-refractivity contribution in [1.82, 2.24) is 10.2 Å². The molecule has 0 bridgehead atoms. The van der Waals surface area contributed by atoms with Gasteiger partial charge in [-0.3, -0.25) is 9.69 Å². The summed E-state index contributed by atoms with van der Waals surface area (Å²) in [5.74, 6) is 0.692. The summed E-state index contributed by atoms with van der Waals surface area (Å²) in [5.41, 5.74) is 7.24. The largest absolute Gasteiger partial charge is 0.354 e. The minimum atomic E-state index is -0.399. The Morgan fingerprint density at radius 2 is 2.09 bits per heavy atom. The summed E-state index contributed by atoms with van der Waals surface area (Å²) in [6.07, 6.45) is 2.38. The molecule has 22 heavy (non-hydrogen) atoms. The van der Waals surface area contributed by atoms with Crippen LogP contribution in [0.1, 0.15) is 32.3 Å². The summed E-state index contributed by atoms with van der Waals surface area (Å²) in [7, 11) is 0. The second-order valence-electron chi connectivity index (χ2n) is 6.74. The first-order valence-corrected chi connectivity index (χ1v) is 8.36. The number of piperidine rings is 1. The smallest absolute Gasteiger partial charge is 0.237 e. The van der Waals surface area contributed by atoms with Gasteiger partial charge in [0.15, 0.2) is 0 Å². The van der Waals surface area contributed by atoms with Crippen molar-refractivity contribution in [2.24, 2.45) is 17.6 Å². The number of carbonyl (C=O) groups excluding carboxylic acids is 1. The summed E-state index contributed by atoms with van der Waals surface area (Å²) in [6.45, 7) is 7.89. The Bertz CT molecular complexity index is 461. The van der Waals surface area contributed by atoms with Crippen molar-refractivity contribution in [1.29, 1.82) is 0 Å². The maximum Gasteiger partial charge on any atom is 0.237 e. The topological polar surface area (TPSA) is 58.4 Å². The first-order valence-electron chi connectivity index (χ1n) is 8.36. The van der Waals surface area contributed by atoms with Gasteiger partial charge >= 0.3 is 0 Å². The molecule has 1 aliphatic rings. The van der Waals surface area contributed by atoms with Gasteiger partial charge in [0, 0.05) is 19.6 Å². The van der Waals surface area contributed by atoms with E-state index in [4.69, 9.17) is 5.73 Å². The predicted octanol–water partition coefficient (Wildman–Crippen LogP) is 2.00. The van der Waals surface area contributed by atoms with Crippen molar-refractivity contribution in [3.05, 3.63) is 35.9 Å². The Hall–Kier alpha value is -1.39. The minimum absolute atomic E-state index is 0.0183. The van der Waals surface area contributed by atoms with Crippen LogP contribution in [0.2, 0.25) is 0 Å². The highest BCUT2D eigenvalue weighted by molar-refractivity contribution is 5.81. The Balaban J connectivity index is 1.77. The van der Waals surface area contributed by atoms with Crippen molar-refractivity contribution in [2.45, 2.75) is 39.3 Å². The summed E-state index contributed by atoms with van der Waals surface area (Å²) in [6, 6.07) is 10.2. The van der Waals surface area contributed by atoms with Crippen LogP contribution in [0, 0.1) is 11.8 Å². The van der Waals surface area contributed by atoms with E-state index in [1.165, 1.54) is 18.4 Å². The molecule has 0 aromatic heterocycles. The SMILES string of the molecule is CC(C)C(N)C(=O)NCC1CCCN(Cc2ccccc2)C1. The second-order valence-corrected chi connectivity index (χ2v) is 6.74. The van der Waals surface area contributed by atoms with E-state index >= 15 is 0 Å². The molecule has 1 aromatic carbocycles. The monoisotopic (exact) mass is 303 g/mol. The molecule has 1 aliphatic heterocycles. The fourth-order valence-electron chi connectivity index (χ4n) is 2.97. The van der Waals surface area contributed by atoms with Gasteiger partial charge in [-0.25, -0.2) is 0 Å². The van der Waals surface area contributed by atoms with Crippen LogP contribution in [0.25, 0.3) is 0 Å². The Labute approximate surface area is 134 Å². The lowest BCUT2D eigenvalue weighted by Gasteiger charge is -2.33. The summed E-state index contributed by atoms with van der Waals surface area (Å²) in [4.78, 5) is 14.4. The highest BCUT2D eigenvalue weighted by atomic mass is 16.2. The Morgan fingerprint density at radius 3 is 2.77 bits per heavy atom. The van der Waals surface area contributed by atoms with E-state index in [2.05, 4.69) is 40.5 Å². The van der Waals surface area contributed by atoms with Crippen molar-refractivity contribution >= 4 is 5.91 Å². The highest BCUT2D eigenvalue weighted by Gasteiger charge is 2.22. The van der Waals surface area contributed by atoms with E-state index in [0.717, 1.165) is 26.2 Å². The van der Waals surface area contributed by atoms with Crippen LogP contribution in [0.3, 0.4) is 0 Å². The molecule has 1 saturated heterocycles. The summed E-state index contributed by atoms with van der Waals surface area (Å²) in [5, 5.41) is 3.03. The number of likely N-dealkylation sites (tertiary alicyclic amines) is 1. The van der Waals surface area contributed by atoms with Crippen molar-refractivity contribution in [2.75, 3.05) is 19.6 Å². The zero-order valence-electron chi connectivity index (χ0n) is 13.8. The van der Waals surface area contributed by atoms with Gasteiger partial charge in [-0.05, 0) is 36.8 Å². The molecule has 1 amide bonds. The molecule has 3 N–H and O–H groups in total. The zero-order valence-corrected chi connectivity index (χ0v) is 13.8. The van der Waals surface area contributed by atoms with E-state index < -0.39 is 6.04 Å². The number of nitrogens with zero attached hydrogens (tertiary/aromatic N) is 1. The number of nitrogens with one attached hydrogen (secondary N) is 1. The number of nitrogens with two attached hydrogens (primary N) is 1. The van der Waals surface area contributed by atoms with Gasteiger partial charge in [-0.2, -0.15) is 0 Å². The van der Waals surface area contributed by atoms with Crippen LogP contribution in [-0.4, -0.2) is 36.5 Å². The van der Waals surface area contributed by atoms with Crippen LogP contribution >= 0.6 is 0 Å². The minimum Gasteiger partial charge on any atom is -0.354 e. The molecule has 2 unspecified atom stereocenters. The van der Waals surface area contributed by atoms with Gasteiger partial charge in [-0.15, -0.1) is 0 Å². The average Bonchev–Trinajstić information content (AvgIpc) is 2.53. The van der Waals surface area contributed by atoms with Crippen LogP contribution in [0.4, 0.5) is 0 Å². The Kier molecular flexibility index (Phi) is 6.40. The summed E-state index contributed by atoms with van der Waals surface area (Å²) < 4.78 is 0. The lowest BCUT2D eigenvalue weighted by molar-refractivity contribution is -0.123. The first-order chi connectivity index (χ1) is 10.6. The van der Waals surface area contributed by atoms with Gasteiger partial charge in [0.25, 0.3) is 0 Å². The summed E-state index contributed by atoms with van der Waals surface area (Å²) >= 11 is 0. The maximum atomic E-state index is 11.9. The molecule has 4 heteroatoms. The number of hydrogen-bond acceptors (Lipinski definition) is 3.